The van der Waals surface area contributed by atoms with E-state index in [0.29, 0.717) is 11.3 Å². The molecule has 76 valence electrons. The molecule has 0 aliphatic heterocycles. The molecule has 0 atom stereocenters. The Balaban J connectivity index is 3.17. The van der Waals surface area contributed by atoms with Crippen LogP contribution in [0.15, 0.2) is 22.7 Å². The van der Waals surface area contributed by atoms with Crippen molar-refractivity contribution in [1.29, 1.82) is 0 Å². The van der Waals surface area contributed by atoms with Crippen LogP contribution in [-0.2, 0) is 0 Å². The van der Waals surface area contributed by atoms with Crippen LogP contribution in [0.3, 0.4) is 0 Å². The molecule has 1 aromatic rings. The number of carbonyl (C=O) groups excluding carboxylic acids is 1. The van der Waals surface area contributed by atoms with Gasteiger partial charge in [-0.25, -0.2) is 0 Å². The predicted molar refractivity (Wildman–Crippen MR) is 58.7 cm³/mol. The maximum absolute atomic E-state index is 11.7. The van der Waals surface area contributed by atoms with E-state index in [1.54, 1.807) is 33.3 Å². The van der Waals surface area contributed by atoms with Crippen LogP contribution in [0.2, 0.25) is 0 Å². The van der Waals surface area contributed by atoms with Crippen molar-refractivity contribution in [2.45, 2.75) is 0 Å². The van der Waals surface area contributed by atoms with E-state index < -0.39 is 0 Å². The van der Waals surface area contributed by atoms with Gasteiger partial charge >= 0.3 is 0 Å². The molecular weight excluding hydrogens is 246 g/mol. The summed E-state index contributed by atoms with van der Waals surface area (Å²) in [5.41, 5.74) is 0.562. The first-order chi connectivity index (χ1) is 6.56. The third kappa shape index (κ3) is 2.26. The van der Waals surface area contributed by atoms with Gasteiger partial charge in [0.25, 0.3) is 5.91 Å². The van der Waals surface area contributed by atoms with E-state index in [-0.39, 0.29) is 5.91 Å². The number of hydrogen-bond acceptors (Lipinski definition) is 2. The topological polar surface area (TPSA) is 29.5 Å². The Bertz CT molecular complexity index is 350. The second-order valence-electron chi connectivity index (χ2n) is 3.04. The molecule has 0 N–H and O–H groups in total. The second kappa shape index (κ2) is 4.46. The van der Waals surface area contributed by atoms with Crippen LogP contribution in [-0.4, -0.2) is 32.0 Å². The number of nitrogens with zero attached hydrogens (tertiary/aromatic N) is 1. The third-order valence-corrected chi connectivity index (χ3v) is 2.29. The number of amides is 1. The van der Waals surface area contributed by atoms with Crippen LogP contribution in [0.1, 0.15) is 10.4 Å². The summed E-state index contributed by atoms with van der Waals surface area (Å²) in [5, 5.41) is 0. The summed E-state index contributed by atoms with van der Waals surface area (Å²) >= 11 is 3.32. The average molecular weight is 258 g/mol. The van der Waals surface area contributed by atoms with Gasteiger partial charge in [-0.1, -0.05) is 15.9 Å². The number of carbonyl (C=O) groups is 1. The van der Waals surface area contributed by atoms with Gasteiger partial charge in [0.1, 0.15) is 5.75 Å². The maximum Gasteiger partial charge on any atom is 0.257 e. The van der Waals surface area contributed by atoms with Crippen molar-refractivity contribution in [3.8, 4) is 5.75 Å². The van der Waals surface area contributed by atoms with E-state index in [9.17, 15) is 4.79 Å². The first-order valence-corrected chi connectivity index (χ1v) is 4.90. The Labute approximate surface area is 91.8 Å². The Morgan fingerprint density at radius 3 is 2.57 bits per heavy atom. The summed E-state index contributed by atoms with van der Waals surface area (Å²) in [7, 11) is 4.97. The quantitative estimate of drug-likeness (QED) is 0.813. The second-order valence-corrected chi connectivity index (χ2v) is 3.96. The molecule has 1 amide bonds. The Morgan fingerprint density at radius 2 is 2.07 bits per heavy atom. The van der Waals surface area contributed by atoms with Crippen LogP contribution >= 0.6 is 15.9 Å². The van der Waals surface area contributed by atoms with Crippen molar-refractivity contribution in [2.24, 2.45) is 0 Å². The first-order valence-electron chi connectivity index (χ1n) is 4.11. The smallest absolute Gasteiger partial charge is 0.257 e. The number of benzene rings is 1. The van der Waals surface area contributed by atoms with Gasteiger partial charge in [-0.15, -0.1) is 0 Å². The molecule has 0 aliphatic rings. The minimum Gasteiger partial charge on any atom is -0.496 e. The molecular formula is C10H12BrNO2. The fourth-order valence-electron chi connectivity index (χ4n) is 1.09. The normalized spacial score (nSPS) is 9.71. The molecule has 0 fully saturated rings. The SMILES string of the molecule is COc1ccc(Br)cc1C(=O)N(C)C. The van der Waals surface area contributed by atoms with Crippen molar-refractivity contribution in [3.05, 3.63) is 28.2 Å². The van der Waals surface area contributed by atoms with Gasteiger partial charge in [0.2, 0.25) is 0 Å². The molecule has 0 aliphatic carbocycles. The van der Waals surface area contributed by atoms with Crippen LogP contribution in [0.4, 0.5) is 0 Å². The van der Waals surface area contributed by atoms with Crippen molar-refractivity contribution in [2.75, 3.05) is 21.2 Å². The van der Waals surface area contributed by atoms with E-state index in [1.165, 1.54) is 4.90 Å². The number of ether oxygens (including phenoxy) is 1. The minimum atomic E-state index is -0.0665. The lowest BCUT2D eigenvalue weighted by atomic mass is 10.2. The first kappa shape index (κ1) is 11.0. The highest BCUT2D eigenvalue weighted by atomic mass is 79.9. The molecule has 14 heavy (non-hydrogen) atoms. The lowest BCUT2D eigenvalue weighted by Gasteiger charge is -2.13. The molecule has 0 saturated heterocycles. The van der Waals surface area contributed by atoms with Crippen molar-refractivity contribution >= 4 is 21.8 Å². The van der Waals surface area contributed by atoms with E-state index in [1.807, 2.05) is 6.07 Å². The van der Waals surface area contributed by atoms with Crippen molar-refractivity contribution in [3.63, 3.8) is 0 Å². The standard InChI is InChI=1S/C10H12BrNO2/c1-12(2)10(13)8-6-7(11)4-5-9(8)14-3/h4-6H,1-3H3. The lowest BCUT2D eigenvalue weighted by molar-refractivity contribution is 0.0824. The fraction of sp³-hybridized carbons (Fsp3) is 0.300. The van der Waals surface area contributed by atoms with Gasteiger partial charge < -0.3 is 9.64 Å². The highest BCUT2D eigenvalue weighted by Gasteiger charge is 2.13. The van der Waals surface area contributed by atoms with Gasteiger partial charge in [0.05, 0.1) is 12.7 Å². The molecule has 1 aromatic carbocycles. The molecule has 0 aromatic heterocycles. The van der Waals surface area contributed by atoms with Crippen LogP contribution in [0, 0.1) is 0 Å². The Kier molecular flexibility index (Phi) is 3.52. The van der Waals surface area contributed by atoms with E-state index in [4.69, 9.17) is 4.74 Å². The van der Waals surface area contributed by atoms with Crippen molar-refractivity contribution in [1.82, 2.24) is 4.90 Å². The zero-order valence-electron chi connectivity index (χ0n) is 8.37. The average Bonchev–Trinajstić information content (AvgIpc) is 2.16. The number of halogens is 1. The van der Waals surface area contributed by atoms with E-state index in [2.05, 4.69) is 15.9 Å². The molecule has 0 bridgehead atoms. The summed E-state index contributed by atoms with van der Waals surface area (Å²) in [5.74, 6) is 0.523. The Morgan fingerprint density at radius 1 is 1.43 bits per heavy atom. The van der Waals surface area contributed by atoms with E-state index >= 15 is 0 Å². The third-order valence-electron chi connectivity index (χ3n) is 1.80. The zero-order valence-corrected chi connectivity index (χ0v) is 9.96. The largest absolute Gasteiger partial charge is 0.496 e. The fourth-order valence-corrected chi connectivity index (χ4v) is 1.45. The minimum absolute atomic E-state index is 0.0665. The van der Waals surface area contributed by atoms with E-state index in [0.717, 1.165) is 4.47 Å². The molecule has 0 heterocycles. The number of methoxy groups -OCH3 is 1. The van der Waals surface area contributed by atoms with Gasteiger partial charge in [0, 0.05) is 18.6 Å². The lowest BCUT2D eigenvalue weighted by Crippen LogP contribution is -2.22. The summed E-state index contributed by atoms with van der Waals surface area (Å²) in [6.07, 6.45) is 0. The predicted octanol–water partition coefficient (Wildman–Crippen LogP) is 2.16. The number of hydrogen-bond donors (Lipinski definition) is 0. The summed E-state index contributed by atoms with van der Waals surface area (Å²) in [6.45, 7) is 0. The highest BCUT2D eigenvalue weighted by molar-refractivity contribution is 9.10. The number of rotatable bonds is 2. The maximum atomic E-state index is 11.7. The van der Waals surface area contributed by atoms with Gasteiger partial charge in [-0.05, 0) is 18.2 Å². The highest BCUT2D eigenvalue weighted by Crippen LogP contribution is 2.23. The monoisotopic (exact) mass is 257 g/mol. The van der Waals surface area contributed by atoms with Crippen molar-refractivity contribution < 1.29 is 9.53 Å². The van der Waals surface area contributed by atoms with Crippen LogP contribution in [0.5, 0.6) is 5.75 Å². The van der Waals surface area contributed by atoms with Gasteiger partial charge in [-0.2, -0.15) is 0 Å². The molecule has 0 unspecified atom stereocenters. The van der Waals surface area contributed by atoms with Crippen LogP contribution < -0.4 is 4.74 Å². The molecule has 0 spiro atoms. The van der Waals surface area contributed by atoms with Gasteiger partial charge in [-0.3, -0.25) is 4.79 Å². The molecule has 0 saturated carbocycles. The molecule has 4 heteroatoms. The van der Waals surface area contributed by atoms with Gasteiger partial charge in [0.15, 0.2) is 0 Å². The summed E-state index contributed by atoms with van der Waals surface area (Å²) in [4.78, 5) is 13.2. The zero-order chi connectivity index (χ0) is 10.7. The molecule has 0 radical (unpaired) electrons. The molecule has 3 nitrogen and oxygen atoms in total. The van der Waals surface area contributed by atoms with Crippen LogP contribution in [0.25, 0.3) is 0 Å². The molecule has 1 rings (SSSR count). The summed E-state index contributed by atoms with van der Waals surface area (Å²) in [6, 6.07) is 5.35. The summed E-state index contributed by atoms with van der Waals surface area (Å²) < 4.78 is 5.97. The Hall–Kier alpha value is -1.03.